The van der Waals surface area contributed by atoms with Crippen molar-refractivity contribution < 1.29 is 0 Å². The third-order valence-corrected chi connectivity index (χ3v) is 3.03. The molecule has 0 aliphatic heterocycles. The van der Waals surface area contributed by atoms with Crippen LogP contribution < -0.4 is 0 Å². The number of aryl methyl sites for hydroxylation is 1. The molecule has 0 saturated carbocycles. The summed E-state index contributed by atoms with van der Waals surface area (Å²) >= 11 is 10.2. The monoisotopic (exact) mass is 214 g/mol. The van der Waals surface area contributed by atoms with Crippen molar-refractivity contribution in [2.24, 2.45) is 0 Å². The molecule has 0 N–H and O–H groups in total. The van der Waals surface area contributed by atoms with E-state index in [1.807, 2.05) is 12.1 Å². The smallest absolute Gasteiger partial charge is 0.0406 e. The van der Waals surface area contributed by atoms with Crippen molar-refractivity contribution in [1.29, 1.82) is 0 Å². The second kappa shape index (κ2) is 5.56. The van der Waals surface area contributed by atoms with Crippen LogP contribution in [0.3, 0.4) is 0 Å². The first-order valence-corrected chi connectivity index (χ1v) is 5.54. The van der Waals surface area contributed by atoms with E-state index >= 15 is 0 Å². The van der Waals surface area contributed by atoms with Crippen molar-refractivity contribution in [2.75, 3.05) is 0 Å². The molecule has 0 aliphatic carbocycles. The van der Waals surface area contributed by atoms with Gasteiger partial charge in [0, 0.05) is 10.3 Å². The zero-order chi connectivity index (χ0) is 9.68. The Bertz CT molecular complexity index is 243. The van der Waals surface area contributed by atoms with Crippen LogP contribution in [-0.2, 0) is 6.42 Å². The number of rotatable bonds is 4. The Kier molecular flexibility index (Phi) is 4.68. The quantitative estimate of drug-likeness (QED) is 0.721. The summed E-state index contributed by atoms with van der Waals surface area (Å²) in [5.74, 6) is 0. The van der Waals surface area contributed by atoms with E-state index in [2.05, 4.69) is 31.7 Å². The molecule has 0 amide bonds. The van der Waals surface area contributed by atoms with Crippen LogP contribution in [-0.4, -0.2) is 5.25 Å². The average Bonchev–Trinajstić information content (AvgIpc) is 2.16. The molecule has 72 valence electrons. The lowest BCUT2D eigenvalue weighted by Gasteiger charge is -2.06. The van der Waals surface area contributed by atoms with Crippen LogP contribution in [0.1, 0.15) is 25.3 Å². The van der Waals surface area contributed by atoms with Gasteiger partial charge in [0.2, 0.25) is 0 Å². The van der Waals surface area contributed by atoms with E-state index in [9.17, 15) is 0 Å². The second-order valence-corrected chi connectivity index (χ2v) is 4.39. The van der Waals surface area contributed by atoms with Gasteiger partial charge in [-0.3, -0.25) is 0 Å². The highest BCUT2D eigenvalue weighted by molar-refractivity contribution is 7.80. The molecular weight excluding hydrogens is 200 g/mol. The van der Waals surface area contributed by atoms with Gasteiger partial charge < -0.3 is 0 Å². The van der Waals surface area contributed by atoms with Crippen molar-refractivity contribution >= 4 is 24.2 Å². The standard InChI is InChI=1S/C11H15ClS/c1-2-11(13)8-5-9-3-6-10(12)7-4-9/h3-4,6-7,11,13H,2,5,8H2,1H3. The van der Waals surface area contributed by atoms with E-state index in [0.717, 1.165) is 24.3 Å². The maximum absolute atomic E-state index is 5.79. The molecule has 0 nitrogen and oxygen atoms in total. The molecule has 0 fully saturated rings. The van der Waals surface area contributed by atoms with Crippen LogP contribution in [0, 0.1) is 0 Å². The molecule has 0 aliphatic rings. The van der Waals surface area contributed by atoms with Gasteiger partial charge in [0.1, 0.15) is 0 Å². The fourth-order valence-corrected chi connectivity index (χ4v) is 1.44. The number of hydrogen-bond acceptors (Lipinski definition) is 1. The van der Waals surface area contributed by atoms with Crippen LogP contribution in [0.25, 0.3) is 0 Å². The van der Waals surface area contributed by atoms with Crippen molar-refractivity contribution in [1.82, 2.24) is 0 Å². The summed E-state index contributed by atoms with van der Waals surface area (Å²) in [6, 6.07) is 8.05. The number of benzene rings is 1. The Morgan fingerprint density at radius 3 is 2.46 bits per heavy atom. The summed E-state index contributed by atoms with van der Waals surface area (Å²) in [4.78, 5) is 0. The van der Waals surface area contributed by atoms with E-state index in [1.165, 1.54) is 5.56 Å². The SMILES string of the molecule is CCC(S)CCc1ccc(Cl)cc1. The van der Waals surface area contributed by atoms with Gasteiger partial charge in [-0.25, -0.2) is 0 Å². The first kappa shape index (κ1) is 10.9. The Morgan fingerprint density at radius 2 is 1.92 bits per heavy atom. The zero-order valence-electron chi connectivity index (χ0n) is 7.83. The predicted octanol–water partition coefficient (Wildman–Crippen LogP) is 3.98. The lowest BCUT2D eigenvalue weighted by molar-refractivity contribution is 0.740. The van der Waals surface area contributed by atoms with Gasteiger partial charge in [-0.05, 0) is 37.0 Å². The zero-order valence-corrected chi connectivity index (χ0v) is 9.48. The highest BCUT2D eigenvalue weighted by Gasteiger charge is 2.00. The van der Waals surface area contributed by atoms with Gasteiger partial charge in [-0.2, -0.15) is 12.6 Å². The van der Waals surface area contributed by atoms with Gasteiger partial charge >= 0.3 is 0 Å². The average molecular weight is 215 g/mol. The molecule has 0 saturated heterocycles. The summed E-state index contributed by atoms with van der Waals surface area (Å²) in [6.07, 6.45) is 3.37. The van der Waals surface area contributed by atoms with E-state index in [4.69, 9.17) is 11.6 Å². The Hall–Kier alpha value is -0.140. The van der Waals surface area contributed by atoms with Gasteiger partial charge in [0.05, 0.1) is 0 Å². The Morgan fingerprint density at radius 1 is 1.31 bits per heavy atom. The maximum atomic E-state index is 5.79. The van der Waals surface area contributed by atoms with E-state index in [-0.39, 0.29) is 0 Å². The minimum Gasteiger partial charge on any atom is -0.176 e. The molecule has 1 aromatic rings. The van der Waals surface area contributed by atoms with E-state index in [0.29, 0.717) is 5.25 Å². The van der Waals surface area contributed by atoms with Gasteiger partial charge in [0.25, 0.3) is 0 Å². The van der Waals surface area contributed by atoms with Crippen LogP contribution >= 0.6 is 24.2 Å². The molecule has 13 heavy (non-hydrogen) atoms. The highest BCUT2D eigenvalue weighted by atomic mass is 35.5. The van der Waals surface area contributed by atoms with E-state index in [1.54, 1.807) is 0 Å². The summed E-state index contributed by atoms with van der Waals surface area (Å²) in [7, 11) is 0. The molecule has 0 spiro atoms. The van der Waals surface area contributed by atoms with Crippen LogP contribution in [0.2, 0.25) is 5.02 Å². The van der Waals surface area contributed by atoms with Crippen molar-refractivity contribution in [3.8, 4) is 0 Å². The minimum atomic E-state index is 0.524. The largest absolute Gasteiger partial charge is 0.176 e. The summed E-state index contributed by atoms with van der Waals surface area (Å²) in [6.45, 7) is 2.17. The molecular formula is C11H15ClS. The first-order chi connectivity index (χ1) is 6.22. The number of halogens is 1. The third kappa shape index (κ3) is 4.06. The molecule has 1 atom stereocenters. The molecule has 0 radical (unpaired) electrons. The fourth-order valence-electron chi connectivity index (χ4n) is 1.19. The highest BCUT2D eigenvalue weighted by Crippen LogP contribution is 2.14. The maximum Gasteiger partial charge on any atom is 0.0406 e. The van der Waals surface area contributed by atoms with Gasteiger partial charge in [-0.15, -0.1) is 0 Å². The van der Waals surface area contributed by atoms with Gasteiger partial charge in [0.15, 0.2) is 0 Å². The molecule has 1 rings (SSSR count). The lowest BCUT2D eigenvalue weighted by Crippen LogP contribution is -1.98. The molecule has 2 heteroatoms. The van der Waals surface area contributed by atoms with Crippen molar-refractivity contribution in [2.45, 2.75) is 31.4 Å². The fraction of sp³-hybridized carbons (Fsp3) is 0.455. The first-order valence-electron chi connectivity index (χ1n) is 4.65. The molecule has 0 heterocycles. The summed E-state index contributed by atoms with van der Waals surface area (Å²) < 4.78 is 0. The lowest BCUT2D eigenvalue weighted by atomic mass is 10.1. The Balaban J connectivity index is 2.41. The molecule has 1 unspecified atom stereocenters. The van der Waals surface area contributed by atoms with Crippen LogP contribution in [0.15, 0.2) is 24.3 Å². The van der Waals surface area contributed by atoms with E-state index < -0.39 is 0 Å². The van der Waals surface area contributed by atoms with Crippen molar-refractivity contribution in [3.63, 3.8) is 0 Å². The second-order valence-electron chi connectivity index (χ2n) is 3.23. The molecule has 0 aromatic heterocycles. The molecule has 0 bridgehead atoms. The van der Waals surface area contributed by atoms with Gasteiger partial charge in [-0.1, -0.05) is 30.7 Å². The van der Waals surface area contributed by atoms with Crippen LogP contribution in [0.5, 0.6) is 0 Å². The normalized spacial score (nSPS) is 12.8. The van der Waals surface area contributed by atoms with Crippen molar-refractivity contribution in [3.05, 3.63) is 34.9 Å². The number of hydrogen-bond donors (Lipinski definition) is 1. The van der Waals surface area contributed by atoms with Crippen LogP contribution in [0.4, 0.5) is 0 Å². The minimum absolute atomic E-state index is 0.524. The summed E-state index contributed by atoms with van der Waals surface area (Å²) in [5, 5.41) is 1.33. The Labute approximate surface area is 90.7 Å². The topological polar surface area (TPSA) is 0 Å². The predicted molar refractivity (Wildman–Crippen MR) is 62.8 cm³/mol. The molecule has 1 aromatic carbocycles. The third-order valence-electron chi connectivity index (χ3n) is 2.15. The summed E-state index contributed by atoms with van der Waals surface area (Å²) in [5.41, 5.74) is 1.34. The number of thiol groups is 1.